The van der Waals surface area contributed by atoms with Crippen molar-refractivity contribution in [3.8, 4) is 5.75 Å². The zero-order chi connectivity index (χ0) is 14.8. The fourth-order valence-corrected chi connectivity index (χ4v) is 2.39. The number of anilines is 1. The van der Waals surface area contributed by atoms with Crippen LogP contribution in [0.1, 0.15) is 17.2 Å². The Morgan fingerprint density at radius 2 is 2.10 bits per heavy atom. The molecule has 1 atom stereocenters. The second kappa shape index (κ2) is 5.54. The lowest BCUT2D eigenvalue weighted by atomic mass is 10.1. The molecule has 2 aromatic carbocycles. The van der Waals surface area contributed by atoms with E-state index >= 15 is 0 Å². The zero-order valence-electron chi connectivity index (χ0n) is 11.5. The molecule has 21 heavy (non-hydrogen) atoms. The third kappa shape index (κ3) is 2.60. The molecule has 0 spiro atoms. The van der Waals surface area contributed by atoms with E-state index in [4.69, 9.17) is 4.74 Å². The van der Waals surface area contributed by atoms with E-state index in [1.807, 2.05) is 6.07 Å². The summed E-state index contributed by atoms with van der Waals surface area (Å²) in [6.07, 6.45) is 0. The van der Waals surface area contributed by atoms with Crippen molar-refractivity contribution in [2.24, 2.45) is 0 Å². The van der Waals surface area contributed by atoms with E-state index in [1.165, 1.54) is 6.07 Å². The summed E-state index contributed by atoms with van der Waals surface area (Å²) in [5, 5.41) is 5.75. The first-order valence-corrected chi connectivity index (χ1v) is 6.67. The van der Waals surface area contributed by atoms with Gasteiger partial charge in [0.05, 0.1) is 0 Å². The lowest BCUT2D eigenvalue weighted by Gasteiger charge is -2.10. The van der Waals surface area contributed by atoms with Crippen LogP contribution in [0.15, 0.2) is 42.5 Å². The minimum Gasteiger partial charge on any atom is -0.489 e. The van der Waals surface area contributed by atoms with Crippen LogP contribution in [0.4, 0.5) is 10.1 Å². The quantitative estimate of drug-likeness (QED) is 0.908. The number of rotatable bonds is 4. The summed E-state index contributed by atoms with van der Waals surface area (Å²) in [4.78, 5) is 11.7. The molecule has 0 aliphatic carbocycles. The van der Waals surface area contributed by atoms with E-state index < -0.39 is 0 Å². The summed E-state index contributed by atoms with van der Waals surface area (Å²) in [6, 6.07) is 11.5. The van der Waals surface area contributed by atoms with Crippen LogP contribution in [-0.2, 0) is 11.4 Å². The molecule has 0 saturated carbocycles. The van der Waals surface area contributed by atoms with Crippen molar-refractivity contribution >= 4 is 11.6 Å². The number of ether oxygens (including phenoxy) is 1. The van der Waals surface area contributed by atoms with Crippen LogP contribution in [0.5, 0.6) is 5.75 Å². The molecule has 1 heterocycles. The number of fused-ring (bicyclic) bond motifs is 1. The van der Waals surface area contributed by atoms with E-state index in [2.05, 4.69) is 10.6 Å². The van der Waals surface area contributed by atoms with Gasteiger partial charge in [-0.3, -0.25) is 4.79 Å². The van der Waals surface area contributed by atoms with Crippen molar-refractivity contribution in [3.63, 3.8) is 0 Å². The van der Waals surface area contributed by atoms with Gasteiger partial charge in [0.25, 0.3) is 0 Å². The molecule has 0 fully saturated rings. The normalized spacial score (nSPS) is 16.5. The number of nitrogens with one attached hydrogen (secondary N) is 2. The second-order valence-corrected chi connectivity index (χ2v) is 4.84. The molecule has 0 radical (unpaired) electrons. The Balaban J connectivity index is 1.76. The second-order valence-electron chi connectivity index (χ2n) is 4.84. The molecular weight excluding hydrogens is 271 g/mol. The van der Waals surface area contributed by atoms with Crippen LogP contribution >= 0.6 is 0 Å². The number of carbonyl (C=O) groups excluding carboxylic acids is 1. The SMILES string of the molecule is CNC1C(=O)Nc2cc(OCc3ccccc3F)ccc21. The summed E-state index contributed by atoms with van der Waals surface area (Å²) in [5.74, 6) is 0.218. The van der Waals surface area contributed by atoms with Crippen LogP contribution in [0, 0.1) is 5.82 Å². The van der Waals surface area contributed by atoms with Gasteiger partial charge in [0.15, 0.2) is 0 Å². The minimum atomic E-state index is -0.333. The van der Waals surface area contributed by atoms with Crippen molar-refractivity contribution in [3.05, 3.63) is 59.4 Å². The number of carbonyl (C=O) groups is 1. The van der Waals surface area contributed by atoms with Crippen LogP contribution in [0.25, 0.3) is 0 Å². The summed E-state index contributed by atoms with van der Waals surface area (Å²) >= 11 is 0. The van der Waals surface area contributed by atoms with Gasteiger partial charge < -0.3 is 15.4 Å². The highest BCUT2D eigenvalue weighted by Crippen LogP contribution is 2.33. The third-order valence-electron chi connectivity index (χ3n) is 3.50. The average molecular weight is 286 g/mol. The summed E-state index contributed by atoms with van der Waals surface area (Å²) in [7, 11) is 1.74. The lowest BCUT2D eigenvalue weighted by Crippen LogP contribution is -2.23. The van der Waals surface area contributed by atoms with Crippen molar-refractivity contribution in [1.29, 1.82) is 0 Å². The molecule has 108 valence electrons. The maximum absolute atomic E-state index is 13.5. The van der Waals surface area contributed by atoms with Gasteiger partial charge >= 0.3 is 0 Å². The van der Waals surface area contributed by atoms with Crippen molar-refractivity contribution in [1.82, 2.24) is 5.32 Å². The monoisotopic (exact) mass is 286 g/mol. The molecule has 4 nitrogen and oxygen atoms in total. The Bertz CT molecular complexity index is 688. The van der Waals surface area contributed by atoms with E-state index in [-0.39, 0.29) is 24.4 Å². The molecule has 2 aromatic rings. The Morgan fingerprint density at radius 3 is 2.86 bits per heavy atom. The van der Waals surface area contributed by atoms with Gasteiger partial charge in [-0.05, 0) is 19.2 Å². The fourth-order valence-electron chi connectivity index (χ4n) is 2.39. The van der Waals surface area contributed by atoms with E-state index in [0.717, 1.165) is 11.3 Å². The highest BCUT2D eigenvalue weighted by molar-refractivity contribution is 6.02. The highest BCUT2D eigenvalue weighted by Gasteiger charge is 2.29. The average Bonchev–Trinajstić information content (AvgIpc) is 2.80. The standard InChI is InChI=1S/C16H15FN2O2/c1-18-15-12-7-6-11(8-14(12)19-16(15)20)21-9-10-4-2-3-5-13(10)17/h2-8,15,18H,9H2,1H3,(H,19,20). The molecule has 1 amide bonds. The first-order chi connectivity index (χ1) is 10.2. The van der Waals surface area contributed by atoms with Gasteiger partial charge in [-0.15, -0.1) is 0 Å². The van der Waals surface area contributed by atoms with Gasteiger partial charge in [0, 0.05) is 22.9 Å². The summed E-state index contributed by atoms with van der Waals surface area (Å²) in [5.41, 5.74) is 2.11. The number of amides is 1. The van der Waals surface area contributed by atoms with Gasteiger partial charge in [0.2, 0.25) is 5.91 Å². The Morgan fingerprint density at radius 1 is 1.29 bits per heavy atom. The Labute approximate surface area is 121 Å². The Hall–Kier alpha value is -2.40. The minimum absolute atomic E-state index is 0.0845. The predicted octanol–water partition coefficient (Wildman–Crippen LogP) is 2.62. The van der Waals surface area contributed by atoms with E-state index in [9.17, 15) is 9.18 Å². The number of likely N-dealkylation sites (N-methyl/N-ethyl adjacent to an activating group) is 1. The predicted molar refractivity (Wildman–Crippen MR) is 77.6 cm³/mol. The number of benzene rings is 2. The van der Waals surface area contributed by atoms with Crippen LogP contribution < -0.4 is 15.4 Å². The molecule has 0 saturated heterocycles. The molecular formula is C16H15FN2O2. The maximum atomic E-state index is 13.5. The largest absolute Gasteiger partial charge is 0.489 e. The number of hydrogen-bond acceptors (Lipinski definition) is 3. The van der Waals surface area contributed by atoms with Crippen molar-refractivity contribution in [2.45, 2.75) is 12.6 Å². The topological polar surface area (TPSA) is 50.4 Å². The zero-order valence-corrected chi connectivity index (χ0v) is 11.5. The molecule has 1 unspecified atom stereocenters. The lowest BCUT2D eigenvalue weighted by molar-refractivity contribution is -0.117. The van der Waals surface area contributed by atoms with Gasteiger partial charge in [0.1, 0.15) is 24.2 Å². The van der Waals surface area contributed by atoms with Crippen LogP contribution in [-0.4, -0.2) is 13.0 Å². The summed E-state index contributed by atoms with van der Waals surface area (Å²) in [6.45, 7) is 0.148. The third-order valence-corrected chi connectivity index (χ3v) is 3.50. The first kappa shape index (κ1) is 13.6. The number of hydrogen-bond donors (Lipinski definition) is 2. The fraction of sp³-hybridized carbons (Fsp3) is 0.188. The van der Waals surface area contributed by atoms with Gasteiger partial charge in [-0.25, -0.2) is 4.39 Å². The van der Waals surface area contributed by atoms with Crippen molar-refractivity contribution in [2.75, 3.05) is 12.4 Å². The van der Waals surface area contributed by atoms with Gasteiger partial charge in [-0.1, -0.05) is 24.3 Å². The highest BCUT2D eigenvalue weighted by atomic mass is 19.1. The van der Waals surface area contributed by atoms with Crippen molar-refractivity contribution < 1.29 is 13.9 Å². The van der Waals surface area contributed by atoms with E-state index in [0.29, 0.717) is 11.3 Å². The first-order valence-electron chi connectivity index (χ1n) is 6.67. The summed E-state index contributed by atoms with van der Waals surface area (Å²) < 4.78 is 19.1. The number of halogens is 1. The molecule has 3 rings (SSSR count). The molecule has 0 aromatic heterocycles. The van der Waals surface area contributed by atoms with Gasteiger partial charge in [-0.2, -0.15) is 0 Å². The molecule has 1 aliphatic rings. The molecule has 1 aliphatic heterocycles. The van der Waals surface area contributed by atoms with Crippen LogP contribution in [0.2, 0.25) is 0 Å². The van der Waals surface area contributed by atoms with E-state index in [1.54, 1.807) is 37.4 Å². The molecule has 2 N–H and O–H groups in total. The molecule has 0 bridgehead atoms. The van der Waals surface area contributed by atoms with Crippen LogP contribution in [0.3, 0.4) is 0 Å². The smallest absolute Gasteiger partial charge is 0.246 e. The Kier molecular flexibility index (Phi) is 3.58. The molecule has 5 heteroatoms. The maximum Gasteiger partial charge on any atom is 0.246 e.